The van der Waals surface area contributed by atoms with Crippen LogP contribution in [0.25, 0.3) is 11.3 Å². The first-order chi connectivity index (χ1) is 14.1. The van der Waals surface area contributed by atoms with Gasteiger partial charge in [0.2, 0.25) is 5.91 Å². The molecule has 0 unspecified atom stereocenters. The predicted octanol–water partition coefficient (Wildman–Crippen LogP) is 1.30. The van der Waals surface area contributed by atoms with Gasteiger partial charge in [-0.2, -0.15) is 5.10 Å². The van der Waals surface area contributed by atoms with Crippen molar-refractivity contribution in [2.45, 2.75) is 19.3 Å². The number of anilines is 2. The number of amidine groups is 1. The normalized spacial score (nSPS) is 17.7. The second kappa shape index (κ2) is 8.44. The number of benzene rings is 1. The summed E-state index contributed by atoms with van der Waals surface area (Å²) >= 11 is 0. The molecule has 0 radical (unpaired) electrons. The summed E-state index contributed by atoms with van der Waals surface area (Å²) in [7, 11) is 0. The first-order valence-electron chi connectivity index (χ1n) is 9.78. The van der Waals surface area contributed by atoms with E-state index in [1.807, 2.05) is 29.2 Å². The minimum atomic E-state index is -0.0626. The highest BCUT2D eigenvalue weighted by Gasteiger charge is 2.26. The molecule has 1 fully saturated rings. The van der Waals surface area contributed by atoms with Crippen LogP contribution in [-0.4, -0.2) is 48.0 Å². The molecular formula is C20H25N7O2. The second-order valence-electron chi connectivity index (χ2n) is 7.33. The quantitative estimate of drug-likeness (QED) is 0.301. The number of aromatic nitrogens is 2. The molecule has 152 valence electrons. The lowest BCUT2D eigenvalue weighted by Gasteiger charge is -2.31. The summed E-state index contributed by atoms with van der Waals surface area (Å²) in [5.41, 5.74) is 8.11. The zero-order valence-corrected chi connectivity index (χ0v) is 16.2. The van der Waals surface area contributed by atoms with Crippen molar-refractivity contribution in [3.63, 3.8) is 0 Å². The third-order valence-corrected chi connectivity index (χ3v) is 5.41. The fraction of sp³-hybridized carbons (Fsp3) is 0.400. The summed E-state index contributed by atoms with van der Waals surface area (Å²) in [5, 5.41) is 6.32. The van der Waals surface area contributed by atoms with Gasteiger partial charge < -0.3 is 26.5 Å². The maximum absolute atomic E-state index is 12.1. The molecular weight excluding hydrogens is 370 g/mol. The van der Waals surface area contributed by atoms with Crippen molar-refractivity contribution in [1.82, 2.24) is 9.97 Å². The Morgan fingerprint density at radius 2 is 2.03 bits per heavy atom. The van der Waals surface area contributed by atoms with Gasteiger partial charge in [0.1, 0.15) is 5.84 Å². The third-order valence-electron chi connectivity index (χ3n) is 5.41. The van der Waals surface area contributed by atoms with Crippen molar-refractivity contribution < 1.29 is 9.53 Å². The van der Waals surface area contributed by atoms with Crippen LogP contribution in [0, 0.1) is 5.92 Å². The number of nitrogens with two attached hydrogens (primary N) is 2. The Labute approximate surface area is 169 Å². The van der Waals surface area contributed by atoms with E-state index < -0.39 is 0 Å². The Kier molecular flexibility index (Phi) is 5.57. The zero-order chi connectivity index (χ0) is 20.2. The Bertz CT molecular complexity index is 908. The van der Waals surface area contributed by atoms with Crippen molar-refractivity contribution in [3.8, 4) is 11.3 Å². The highest BCUT2D eigenvalue weighted by molar-refractivity contribution is 5.99. The lowest BCUT2D eigenvalue weighted by atomic mass is 9.96. The Hall–Kier alpha value is -3.20. The molecule has 5 N–H and O–H groups in total. The van der Waals surface area contributed by atoms with E-state index in [9.17, 15) is 4.79 Å². The molecule has 0 spiro atoms. The number of nitrogens with zero attached hydrogens (tertiary/aromatic N) is 4. The second-order valence-corrected chi connectivity index (χ2v) is 7.33. The average molecular weight is 395 g/mol. The minimum Gasteiger partial charge on any atom is -0.382 e. The van der Waals surface area contributed by atoms with Gasteiger partial charge in [-0.15, -0.1) is 0 Å². The molecule has 9 heteroatoms. The van der Waals surface area contributed by atoms with Crippen LogP contribution in [0.5, 0.6) is 0 Å². The van der Waals surface area contributed by atoms with Crippen LogP contribution < -0.4 is 21.8 Å². The van der Waals surface area contributed by atoms with Gasteiger partial charge >= 0.3 is 0 Å². The molecule has 0 bridgehead atoms. The van der Waals surface area contributed by atoms with E-state index in [4.69, 9.17) is 21.3 Å². The standard InChI is InChI=1S/C20H25N7O2/c21-18(26-22)15-3-1-14(2-4-15)16-11-23-19-20(24-16)27(12-17(28)25-19)8-5-13-6-9-29-10-7-13/h1-4,11,13H,5-10,12,22H2,(H2,21,26)(H,23,25,28). The van der Waals surface area contributed by atoms with Crippen LogP contribution in [0.3, 0.4) is 0 Å². The van der Waals surface area contributed by atoms with Gasteiger partial charge in [-0.05, 0) is 25.2 Å². The number of carbonyl (C=O) groups is 1. The molecule has 2 aliphatic heterocycles. The number of hydrogen-bond acceptors (Lipinski definition) is 7. The maximum Gasteiger partial charge on any atom is 0.245 e. The molecule has 2 aliphatic rings. The van der Waals surface area contributed by atoms with Crippen molar-refractivity contribution in [1.29, 1.82) is 0 Å². The third kappa shape index (κ3) is 4.29. The highest BCUT2D eigenvalue weighted by atomic mass is 16.5. The first-order valence-corrected chi connectivity index (χ1v) is 9.78. The Morgan fingerprint density at radius 3 is 2.76 bits per heavy atom. The van der Waals surface area contributed by atoms with Crippen LogP contribution in [0.15, 0.2) is 35.6 Å². The summed E-state index contributed by atoms with van der Waals surface area (Å²) in [5.74, 6) is 7.28. The number of fused-ring (bicyclic) bond motifs is 1. The van der Waals surface area contributed by atoms with Crippen LogP contribution in [0.4, 0.5) is 11.6 Å². The summed E-state index contributed by atoms with van der Waals surface area (Å²) in [4.78, 5) is 23.4. The van der Waals surface area contributed by atoms with Crippen LogP contribution in [0.1, 0.15) is 24.8 Å². The molecule has 0 aliphatic carbocycles. The van der Waals surface area contributed by atoms with Crippen molar-refractivity contribution in [2.75, 3.05) is 36.5 Å². The topological polar surface area (TPSA) is 132 Å². The fourth-order valence-electron chi connectivity index (χ4n) is 3.69. The fourth-order valence-corrected chi connectivity index (χ4v) is 3.69. The molecule has 1 aromatic carbocycles. The molecule has 2 aromatic rings. The SMILES string of the molecule is NN=C(N)c1ccc(-c2cnc3c(n2)N(CCC2CCOCC2)CC(=O)N3)cc1. The van der Waals surface area contributed by atoms with Gasteiger partial charge in [0.25, 0.3) is 0 Å². The van der Waals surface area contributed by atoms with Gasteiger partial charge in [0.05, 0.1) is 18.4 Å². The van der Waals surface area contributed by atoms with Crippen LogP contribution in [0.2, 0.25) is 0 Å². The number of nitrogens with one attached hydrogen (secondary N) is 1. The molecule has 4 rings (SSSR count). The van der Waals surface area contributed by atoms with E-state index in [-0.39, 0.29) is 18.3 Å². The number of hydrogen-bond donors (Lipinski definition) is 3. The van der Waals surface area contributed by atoms with E-state index in [0.717, 1.165) is 55.8 Å². The van der Waals surface area contributed by atoms with Gasteiger partial charge in [-0.25, -0.2) is 9.97 Å². The first kappa shape index (κ1) is 19.1. The highest BCUT2D eigenvalue weighted by Crippen LogP contribution is 2.30. The van der Waals surface area contributed by atoms with Crippen molar-refractivity contribution >= 4 is 23.4 Å². The molecule has 1 amide bonds. The number of amides is 1. The summed E-state index contributed by atoms with van der Waals surface area (Å²) in [6, 6.07) is 7.48. The number of hydrazone groups is 1. The van der Waals surface area contributed by atoms with Gasteiger partial charge in [-0.3, -0.25) is 4.79 Å². The molecule has 29 heavy (non-hydrogen) atoms. The zero-order valence-electron chi connectivity index (χ0n) is 16.2. The monoisotopic (exact) mass is 395 g/mol. The van der Waals surface area contributed by atoms with Gasteiger partial charge in [-0.1, -0.05) is 24.3 Å². The lowest BCUT2D eigenvalue weighted by molar-refractivity contribution is -0.115. The summed E-state index contributed by atoms with van der Waals surface area (Å²) in [6.07, 6.45) is 4.81. The van der Waals surface area contributed by atoms with Crippen LogP contribution in [-0.2, 0) is 9.53 Å². The van der Waals surface area contributed by atoms with Crippen LogP contribution >= 0.6 is 0 Å². The summed E-state index contributed by atoms with van der Waals surface area (Å²) in [6.45, 7) is 2.70. The molecule has 0 saturated carbocycles. The molecule has 1 aromatic heterocycles. The van der Waals surface area contributed by atoms with E-state index in [1.54, 1.807) is 6.20 Å². The summed E-state index contributed by atoms with van der Waals surface area (Å²) < 4.78 is 5.44. The molecule has 9 nitrogen and oxygen atoms in total. The molecule has 1 saturated heterocycles. The average Bonchev–Trinajstić information content (AvgIpc) is 2.77. The van der Waals surface area contributed by atoms with E-state index in [2.05, 4.69) is 15.4 Å². The van der Waals surface area contributed by atoms with E-state index in [0.29, 0.717) is 17.6 Å². The van der Waals surface area contributed by atoms with Gasteiger partial charge in [0.15, 0.2) is 11.6 Å². The number of rotatable bonds is 5. The maximum atomic E-state index is 12.1. The van der Waals surface area contributed by atoms with E-state index in [1.165, 1.54) is 0 Å². The predicted molar refractivity (Wildman–Crippen MR) is 111 cm³/mol. The Balaban J connectivity index is 1.55. The Morgan fingerprint density at radius 1 is 1.28 bits per heavy atom. The largest absolute Gasteiger partial charge is 0.382 e. The van der Waals surface area contributed by atoms with E-state index >= 15 is 0 Å². The van der Waals surface area contributed by atoms with Crippen molar-refractivity contribution in [2.24, 2.45) is 22.6 Å². The molecule has 3 heterocycles. The lowest BCUT2D eigenvalue weighted by Crippen LogP contribution is -2.40. The van der Waals surface area contributed by atoms with Crippen molar-refractivity contribution in [3.05, 3.63) is 36.0 Å². The number of carbonyl (C=O) groups excluding carboxylic acids is 1. The van der Waals surface area contributed by atoms with Gasteiger partial charge in [0, 0.05) is 30.9 Å². The number of ether oxygens (including phenoxy) is 1. The minimum absolute atomic E-state index is 0.0626. The molecule has 0 atom stereocenters. The smallest absolute Gasteiger partial charge is 0.245 e.